The molecule has 1 fully saturated rings. The minimum atomic E-state index is 0.376. The predicted molar refractivity (Wildman–Crippen MR) is 95.2 cm³/mol. The molecule has 0 radical (unpaired) electrons. The van der Waals surface area contributed by atoms with E-state index in [0.29, 0.717) is 18.4 Å². The molecule has 2 rings (SSSR count). The van der Waals surface area contributed by atoms with Crippen molar-refractivity contribution in [1.29, 1.82) is 0 Å². The molecule has 0 aliphatic carbocycles. The van der Waals surface area contributed by atoms with E-state index in [1.165, 1.54) is 0 Å². The van der Waals surface area contributed by atoms with E-state index < -0.39 is 0 Å². The number of nitrogens with zero attached hydrogens (tertiary/aromatic N) is 3. The van der Waals surface area contributed by atoms with Crippen molar-refractivity contribution in [2.75, 3.05) is 46.4 Å². The molecular formula is C17H31N5O2. The van der Waals surface area contributed by atoms with Crippen molar-refractivity contribution in [3.8, 4) is 0 Å². The summed E-state index contributed by atoms with van der Waals surface area (Å²) in [7, 11) is 1.78. The first-order valence-electron chi connectivity index (χ1n) is 8.78. The zero-order valence-electron chi connectivity index (χ0n) is 15.3. The van der Waals surface area contributed by atoms with Gasteiger partial charge in [-0.3, -0.25) is 9.89 Å². The lowest BCUT2D eigenvalue weighted by Gasteiger charge is -2.29. The lowest BCUT2D eigenvalue weighted by molar-refractivity contribution is 0.0320. The maximum atomic E-state index is 5.39. The largest absolute Gasteiger partial charge is 0.379 e. The third-order valence-corrected chi connectivity index (χ3v) is 4.11. The summed E-state index contributed by atoms with van der Waals surface area (Å²) >= 11 is 0. The van der Waals surface area contributed by atoms with Gasteiger partial charge in [0.05, 0.1) is 25.5 Å². The van der Waals surface area contributed by atoms with E-state index in [4.69, 9.17) is 9.26 Å². The third-order valence-electron chi connectivity index (χ3n) is 4.11. The molecule has 7 heteroatoms. The lowest BCUT2D eigenvalue weighted by Crippen LogP contribution is -2.43. The number of ether oxygens (including phenoxy) is 1. The van der Waals surface area contributed by atoms with E-state index in [1.807, 2.05) is 6.07 Å². The number of aliphatic imine (C=N–C) groups is 1. The van der Waals surface area contributed by atoms with Crippen LogP contribution < -0.4 is 10.6 Å². The van der Waals surface area contributed by atoms with Crippen LogP contribution in [0.2, 0.25) is 0 Å². The summed E-state index contributed by atoms with van der Waals surface area (Å²) in [5, 5.41) is 10.7. The number of hydrogen-bond donors (Lipinski definition) is 2. The second-order valence-electron chi connectivity index (χ2n) is 6.70. The van der Waals surface area contributed by atoms with Crippen LogP contribution in [0.15, 0.2) is 15.6 Å². The monoisotopic (exact) mass is 337 g/mol. The molecule has 0 saturated carbocycles. The van der Waals surface area contributed by atoms with E-state index in [1.54, 1.807) is 7.05 Å². The van der Waals surface area contributed by atoms with Gasteiger partial charge in [-0.2, -0.15) is 0 Å². The Balaban J connectivity index is 1.69. The van der Waals surface area contributed by atoms with Gasteiger partial charge in [0.25, 0.3) is 0 Å². The smallest absolute Gasteiger partial charge is 0.191 e. The molecule has 0 aromatic carbocycles. The van der Waals surface area contributed by atoms with Gasteiger partial charge in [-0.15, -0.1) is 0 Å². The summed E-state index contributed by atoms with van der Waals surface area (Å²) in [5.74, 6) is 2.52. The first-order chi connectivity index (χ1) is 11.6. The van der Waals surface area contributed by atoms with Gasteiger partial charge < -0.3 is 19.9 Å². The maximum absolute atomic E-state index is 5.39. The third kappa shape index (κ3) is 6.13. The number of rotatable bonds is 7. The van der Waals surface area contributed by atoms with Gasteiger partial charge in [0.1, 0.15) is 0 Å². The van der Waals surface area contributed by atoms with Crippen LogP contribution in [0.25, 0.3) is 0 Å². The maximum Gasteiger partial charge on any atom is 0.191 e. The number of hydrogen-bond acceptors (Lipinski definition) is 5. The molecule has 1 aliphatic rings. The normalized spacial score (nSPS) is 18.0. The Morgan fingerprint density at radius 1 is 1.29 bits per heavy atom. The summed E-state index contributed by atoms with van der Waals surface area (Å²) in [4.78, 5) is 6.71. The molecule has 0 amide bonds. The zero-order valence-corrected chi connectivity index (χ0v) is 15.3. The van der Waals surface area contributed by atoms with E-state index >= 15 is 0 Å². The molecule has 1 saturated heterocycles. The molecule has 7 nitrogen and oxygen atoms in total. The molecule has 136 valence electrons. The molecular weight excluding hydrogens is 306 g/mol. The van der Waals surface area contributed by atoms with Gasteiger partial charge in [-0.1, -0.05) is 25.9 Å². The fourth-order valence-electron chi connectivity index (χ4n) is 2.64. The Morgan fingerprint density at radius 2 is 2.04 bits per heavy atom. The number of guanidine groups is 1. The highest BCUT2D eigenvalue weighted by Gasteiger charge is 2.14. The minimum Gasteiger partial charge on any atom is -0.379 e. The van der Waals surface area contributed by atoms with E-state index in [9.17, 15) is 0 Å². The molecule has 1 unspecified atom stereocenters. The highest BCUT2D eigenvalue weighted by Crippen LogP contribution is 2.13. The summed E-state index contributed by atoms with van der Waals surface area (Å²) in [5.41, 5.74) is 0.980. The average molecular weight is 337 g/mol. The molecule has 0 spiro atoms. The Morgan fingerprint density at radius 3 is 2.67 bits per heavy atom. The van der Waals surface area contributed by atoms with E-state index in [-0.39, 0.29) is 0 Å². The van der Waals surface area contributed by atoms with Crippen molar-refractivity contribution in [2.24, 2.45) is 10.9 Å². The van der Waals surface area contributed by atoms with Crippen LogP contribution in [0.4, 0.5) is 0 Å². The highest BCUT2D eigenvalue weighted by molar-refractivity contribution is 5.79. The van der Waals surface area contributed by atoms with Crippen molar-refractivity contribution in [3.63, 3.8) is 0 Å². The molecule has 1 aromatic rings. The van der Waals surface area contributed by atoms with Gasteiger partial charge in [-0.25, -0.2) is 0 Å². The Bertz CT molecular complexity index is 509. The summed E-state index contributed by atoms with van der Waals surface area (Å²) in [6.07, 6.45) is 0. The Kier molecular flexibility index (Phi) is 7.52. The van der Waals surface area contributed by atoms with Gasteiger partial charge in [0.15, 0.2) is 11.7 Å². The van der Waals surface area contributed by atoms with Crippen LogP contribution in [0.1, 0.15) is 38.1 Å². The van der Waals surface area contributed by atoms with E-state index in [2.05, 4.69) is 46.5 Å². The average Bonchev–Trinajstić information content (AvgIpc) is 3.05. The van der Waals surface area contributed by atoms with Gasteiger partial charge in [0.2, 0.25) is 0 Å². The molecule has 1 aliphatic heterocycles. The zero-order chi connectivity index (χ0) is 17.4. The quantitative estimate of drug-likeness (QED) is 0.579. The van der Waals surface area contributed by atoms with Crippen LogP contribution in [-0.2, 0) is 11.3 Å². The number of nitrogens with one attached hydrogen (secondary N) is 2. The first-order valence-corrected chi connectivity index (χ1v) is 8.78. The summed E-state index contributed by atoms with van der Waals surface area (Å²) in [6, 6.07) is 1.99. The highest BCUT2D eigenvalue weighted by atomic mass is 16.5. The molecule has 2 heterocycles. The molecule has 1 aromatic heterocycles. The summed E-state index contributed by atoms with van der Waals surface area (Å²) in [6.45, 7) is 12.7. The van der Waals surface area contributed by atoms with E-state index in [0.717, 1.165) is 56.8 Å². The second kappa shape index (κ2) is 9.64. The van der Waals surface area contributed by atoms with Crippen molar-refractivity contribution in [2.45, 2.75) is 33.2 Å². The standard InChI is InChI=1S/C17H31N5O2/c1-13(2)16-9-15(24-21-16)11-20-17(18-4)19-10-14(3)12-22-5-7-23-8-6-22/h9,13-14H,5-8,10-12H2,1-4H3,(H2,18,19,20). The van der Waals surface area contributed by atoms with Crippen LogP contribution in [0, 0.1) is 5.92 Å². The van der Waals surface area contributed by atoms with Crippen molar-refractivity contribution in [3.05, 3.63) is 17.5 Å². The van der Waals surface area contributed by atoms with Crippen LogP contribution in [-0.4, -0.2) is 62.5 Å². The number of morpholine rings is 1. The number of aromatic nitrogens is 1. The SMILES string of the molecule is CN=C(NCc1cc(C(C)C)no1)NCC(C)CN1CCOCC1. The summed E-state index contributed by atoms with van der Waals surface area (Å²) < 4.78 is 10.7. The molecule has 0 bridgehead atoms. The molecule has 2 N–H and O–H groups in total. The minimum absolute atomic E-state index is 0.376. The van der Waals surface area contributed by atoms with Crippen molar-refractivity contribution < 1.29 is 9.26 Å². The van der Waals surface area contributed by atoms with Crippen LogP contribution in [0.5, 0.6) is 0 Å². The lowest BCUT2D eigenvalue weighted by atomic mass is 10.1. The fourth-order valence-corrected chi connectivity index (χ4v) is 2.64. The van der Waals surface area contributed by atoms with Crippen LogP contribution >= 0.6 is 0 Å². The molecule has 1 atom stereocenters. The second-order valence-corrected chi connectivity index (χ2v) is 6.70. The van der Waals surface area contributed by atoms with Crippen LogP contribution in [0.3, 0.4) is 0 Å². The van der Waals surface area contributed by atoms with Gasteiger partial charge >= 0.3 is 0 Å². The van der Waals surface area contributed by atoms with Gasteiger partial charge in [0, 0.05) is 39.3 Å². The fraction of sp³-hybridized carbons (Fsp3) is 0.765. The Labute approximate surface area is 144 Å². The topological polar surface area (TPSA) is 74.9 Å². The van der Waals surface area contributed by atoms with Crippen molar-refractivity contribution in [1.82, 2.24) is 20.7 Å². The van der Waals surface area contributed by atoms with Gasteiger partial charge in [-0.05, 0) is 11.8 Å². The molecule has 24 heavy (non-hydrogen) atoms. The predicted octanol–water partition coefficient (Wildman–Crippen LogP) is 1.43. The Hall–Kier alpha value is -1.60. The van der Waals surface area contributed by atoms with Crippen molar-refractivity contribution >= 4 is 5.96 Å². The first kappa shape index (κ1) is 18.7.